The van der Waals surface area contributed by atoms with Gasteiger partial charge >= 0.3 is 0 Å². The SMILES string of the molecule is Cc1cccc2c1N1c3ccc(N(c4ccc(-c5ccccc5)cc4)c4cccc5c4oc4ccccc45)cc3C(C)(C)c3cccc(c31)O2. The number of hydrogen-bond acceptors (Lipinski definition) is 4. The third kappa shape index (κ3) is 4.12. The molecule has 0 aliphatic carbocycles. The Labute approximate surface area is 291 Å². The molecule has 3 heterocycles. The van der Waals surface area contributed by atoms with Gasteiger partial charge in [-0.25, -0.2) is 0 Å². The van der Waals surface area contributed by atoms with Gasteiger partial charge in [0.15, 0.2) is 17.1 Å². The zero-order valence-corrected chi connectivity index (χ0v) is 28.1. The molecule has 0 atom stereocenters. The zero-order chi connectivity index (χ0) is 33.6. The minimum Gasteiger partial charge on any atom is -0.454 e. The van der Waals surface area contributed by atoms with Crippen molar-refractivity contribution in [2.45, 2.75) is 26.2 Å². The Balaban J connectivity index is 1.21. The summed E-state index contributed by atoms with van der Waals surface area (Å²) < 4.78 is 13.2. The maximum absolute atomic E-state index is 6.64. The van der Waals surface area contributed by atoms with Crippen molar-refractivity contribution in [3.05, 3.63) is 168 Å². The molecular formula is C46H34N2O2. The van der Waals surface area contributed by atoms with Gasteiger partial charge in [0.2, 0.25) is 0 Å². The van der Waals surface area contributed by atoms with Crippen LogP contribution in [0.1, 0.15) is 30.5 Å². The van der Waals surface area contributed by atoms with Gasteiger partial charge < -0.3 is 19.0 Å². The first-order valence-corrected chi connectivity index (χ1v) is 17.2. The van der Waals surface area contributed by atoms with E-state index in [2.05, 4.69) is 170 Å². The Kier molecular flexibility index (Phi) is 6.10. The molecular weight excluding hydrogens is 613 g/mol. The lowest BCUT2D eigenvalue weighted by Gasteiger charge is -2.45. The van der Waals surface area contributed by atoms with Crippen LogP contribution in [0.3, 0.4) is 0 Å². The Morgan fingerprint density at radius 3 is 2.08 bits per heavy atom. The molecule has 0 radical (unpaired) electrons. The molecule has 7 aromatic carbocycles. The lowest BCUT2D eigenvalue weighted by Crippen LogP contribution is -2.32. The summed E-state index contributed by atoms with van der Waals surface area (Å²) in [5.41, 5.74) is 14.0. The second-order valence-electron chi connectivity index (χ2n) is 13.8. The predicted octanol–water partition coefficient (Wildman–Crippen LogP) is 13.2. The van der Waals surface area contributed by atoms with Crippen LogP contribution in [0.5, 0.6) is 11.5 Å². The van der Waals surface area contributed by atoms with Gasteiger partial charge in [-0.05, 0) is 89.3 Å². The number of fused-ring (bicyclic) bond motifs is 7. The van der Waals surface area contributed by atoms with E-state index in [-0.39, 0.29) is 5.41 Å². The largest absolute Gasteiger partial charge is 0.454 e. The molecule has 50 heavy (non-hydrogen) atoms. The second kappa shape index (κ2) is 10.6. The first kappa shape index (κ1) is 28.7. The molecule has 0 amide bonds. The number of ether oxygens (including phenoxy) is 1. The van der Waals surface area contributed by atoms with Crippen LogP contribution in [-0.4, -0.2) is 0 Å². The van der Waals surface area contributed by atoms with E-state index in [1.165, 1.54) is 33.5 Å². The van der Waals surface area contributed by atoms with E-state index >= 15 is 0 Å². The average Bonchev–Trinajstić information content (AvgIpc) is 3.54. The van der Waals surface area contributed by atoms with E-state index in [1.807, 2.05) is 12.1 Å². The standard InChI is InChI=1S/C46H34N2O2/c1-29-12-9-20-41-43(29)48-38-27-26-33(28-37(38)46(2,3)36-17-11-21-42(49-41)44(36)48)47(32-24-22-31(23-25-32)30-13-5-4-6-14-30)39-18-10-16-35-34-15-7-8-19-40(34)50-45(35)39/h4-28H,1-3H3. The Bertz CT molecular complexity index is 2620. The summed E-state index contributed by atoms with van der Waals surface area (Å²) in [5, 5.41) is 2.22. The van der Waals surface area contributed by atoms with Crippen molar-refractivity contribution in [1.82, 2.24) is 0 Å². The van der Waals surface area contributed by atoms with Gasteiger partial charge in [-0.15, -0.1) is 0 Å². The highest BCUT2D eigenvalue weighted by Crippen LogP contribution is 2.61. The lowest BCUT2D eigenvalue weighted by atomic mass is 9.73. The van der Waals surface area contributed by atoms with Crippen molar-refractivity contribution in [1.29, 1.82) is 0 Å². The number of nitrogens with zero attached hydrogens (tertiary/aromatic N) is 2. The van der Waals surface area contributed by atoms with Crippen LogP contribution in [0.25, 0.3) is 33.1 Å². The number of anilines is 6. The van der Waals surface area contributed by atoms with E-state index in [4.69, 9.17) is 9.15 Å². The van der Waals surface area contributed by atoms with Crippen LogP contribution in [0.15, 0.2) is 156 Å². The van der Waals surface area contributed by atoms with E-state index in [0.29, 0.717) is 0 Å². The van der Waals surface area contributed by atoms with E-state index in [0.717, 1.165) is 61.9 Å². The molecule has 4 nitrogen and oxygen atoms in total. The average molecular weight is 647 g/mol. The number of hydrogen-bond donors (Lipinski definition) is 0. The molecule has 2 aliphatic heterocycles. The third-order valence-electron chi connectivity index (χ3n) is 10.5. The summed E-state index contributed by atoms with van der Waals surface area (Å²) in [7, 11) is 0. The summed E-state index contributed by atoms with van der Waals surface area (Å²) in [6.45, 7) is 6.82. The van der Waals surface area contributed by atoms with Crippen molar-refractivity contribution in [2.24, 2.45) is 0 Å². The van der Waals surface area contributed by atoms with E-state index in [1.54, 1.807) is 0 Å². The summed E-state index contributed by atoms with van der Waals surface area (Å²) in [6, 6.07) is 53.8. The minimum absolute atomic E-state index is 0.301. The fourth-order valence-electron chi connectivity index (χ4n) is 8.08. The van der Waals surface area contributed by atoms with Crippen LogP contribution >= 0.6 is 0 Å². The summed E-state index contributed by atoms with van der Waals surface area (Å²) in [5.74, 6) is 1.76. The van der Waals surface area contributed by atoms with Crippen LogP contribution in [0.2, 0.25) is 0 Å². The molecule has 0 saturated carbocycles. The van der Waals surface area contributed by atoms with E-state index < -0.39 is 0 Å². The number of aryl methyl sites for hydroxylation is 1. The number of rotatable bonds is 4. The van der Waals surface area contributed by atoms with E-state index in [9.17, 15) is 0 Å². The van der Waals surface area contributed by atoms with Crippen LogP contribution in [-0.2, 0) is 5.41 Å². The zero-order valence-electron chi connectivity index (χ0n) is 28.1. The van der Waals surface area contributed by atoms with Gasteiger partial charge in [-0.3, -0.25) is 0 Å². The maximum Gasteiger partial charge on any atom is 0.159 e. The molecule has 10 rings (SSSR count). The van der Waals surface area contributed by atoms with Crippen LogP contribution in [0.4, 0.5) is 34.1 Å². The van der Waals surface area contributed by atoms with Gasteiger partial charge in [0.05, 0.1) is 22.7 Å². The minimum atomic E-state index is -0.301. The van der Waals surface area contributed by atoms with Crippen molar-refractivity contribution < 1.29 is 9.15 Å². The maximum atomic E-state index is 6.64. The van der Waals surface area contributed by atoms with Gasteiger partial charge in [-0.1, -0.05) is 111 Å². The number of furan rings is 1. The van der Waals surface area contributed by atoms with Crippen molar-refractivity contribution >= 4 is 56.1 Å². The predicted molar refractivity (Wildman–Crippen MR) is 205 cm³/mol. The molecule has 2 aliphatic rings. The highest BCUT2D eigenvalue weighted by molar-refractivity contribution is 6.10. The summed E-state index contributed by atoms with van der Waals surface area (Å²) >= 11 is 0. The molecule has 240 valence electrons. The van der Waals surface area contributed by atoms with Crippen LogP contribution in [0, 0.1) is 6.92 Å². The van der Waals surface area contributed by atoms with Crippen molar-refractivity contribution in [2.75, 3.05) is 9.80 Å². The Morgan fingerprint density at radius 1 is 0.560 bits per heavy atom. The Hall–Kier alpha value is -6.26. The molecule has 0 N–H and O–H groups in total. The van der Waals surface area contributed by atoms with Crippen molar-refractivity contribution in [3.63, 3.8) is 0 Å². The molecule has 0 fully saturated rings. The fraction of sp³-hybridized carbons (Fsp3) is 0.0870. The highest BCUT2D eigenvalue weighted by atomic mass is 16.5. The molecule has 0 unspecified atom stereocenters. The molecule has 1 aromatic heterocycles. The van der Waals surface area contributed by atoms with Gasteiger partial charge in [0.25, 0.3) is 0 Å². The van der Waals surface area contributed by atoms with Gasteiger partial charge in [-0.2, -0.15) is 0 Å². The number of benzene rings is 7. The molecule has 0 spiro atoms. The first-order valence-electron chi connectivity index (χ1n) is 17.2. The normalized spacial score (nSPS) is 13.8. The molecule has 0 saturated heterocycles. The highest BCUT2D eigenvalue weighted by Gasteiger charge is 2.42. The van der Waals surface area contributed by atoms with Gasteiger partial charge in [0, 0.05) is 27.6 Å². The van der Waals surface area contributed by atoms with Crippen LogP contribution < -0.4 is 14.5 Å². The third-order valence-corrected chi connectivity index (χ3v) is 10.5. The summed E-state index contributed by atoms with van der Waals surface area (Å²) in [6.07, 6.45) is 0. The second-order valence-corrected chi connectivity index (χ2v) is 13.8. The molecule has 0 bridgehead atoms. The number of para-hydroxylation sites is 4. The quantitative estimate of drug-likeness (QED) is 0.190. The fourth-order valence-corrected chi connectivity index (χ4v) is 8.08. The molecule has 8 aromatic rings. The first-order chi connectivity index (χ1) is 24.5. The Morgan fingerprint density at radius 2 is 1.24 bits per heavy atom. The molecule has 4 heteroatoms. The van der Waals surface area contributed by atoms with Crippen molar-refractivity contribution in [3.8, 4) is 22.6 Å². The summed E-state index contributed by atoms with van der Waals surface area (Å²) in [4.78, 5) is 4.77. The smallest absolute Gasteiger partial charge is 0.159 e. The lowest BCUT2D eigenvalue weighted by molar-refractivity contribution is 0.471. The van der Waals surface area contributed by atoms with Gasteiger partial charge in [0.1, 0.15) is 5.58 Å². The topological polar surface area (TPSA) is 28.9 Å². The monoisotopic (exact) mass is 646 g/mol.